The highest BCUT2D eigenvalue weighted by atomic mass is 16.3. The molecule has 2 saturated heterocycles. The Balaban J connectivity index is 1.51. The van der Waals surface area contributed by atoms with Gasteiger partial charge in [-0.15, -0.1) is 0 Å². The molecule has 0 atom stereocenters. The SMILES string of the molecule is Cc1cc(CN2CCCC2)cc(-c2ccc(C(=O)N3CC(O)C3)cc2)c1. The van der Waals surface area contributed by atoms with Crippen LogP contribution in [0.1, 0.15) is 34.3 Å². The van der Waals surface area contributed by atoms with Crippen molar-refractivity contribution in [2.45, 2.75) is 32.4 Å². The van der Waals surface area contributed by atoms with Crippen molar-refractivity contribution in [2.24, 2.45) is 0 Å². The molecule has 1 amide bonds. The Morgan fingerprint density at radius 2 is 1.73 bits per heavy atom. The molecule has 0 radical (unpaired) electrons. The standard InChI is InChI=1S/C22H26N2O2/c1-16-10-17(13-23-8-2-3-9-23)12-20(11-16)18-4-6-19(7-5-18)22(26)24-14-21(25)15-24/h4-7,10-12,21,25H,2-3,8-9,13-15H2,1H3. The van der Waals surface area contributed by atoms with E-state index in [2.05, 4.69) is 30.0 Å². The molecular weight excluding hydrogens is 324 g/mol. The zero-order valence-electron chi connectivity index (χ0n) is 15.3. The van der Waals surface area contributed by atoms with Crippen molar-refractivity contribution in [3.63, 3.8) is 0 Å². The quantitative estimate of drug-likeness (QED) is 0.922. The molecule has 0 unspecified atom stereocenters. The molecule has 2 aromatic rings. The fourth-order valence-corrected chi connectivity index (χ4v) is 3.93. The van der Waals surface area contributed by atoms with E-state index in [1.807, 2.05) is 24.3 Å². The average Bonchev–Trinajstić information content (AvgIpc) is 3.11. The normalized spacial score (nSPS) is 18.2. The van der Waals surface area contributed by atoms with Crippen LogP contribution in [0.2, 0.25) is 0 Å². The van der Waals surface area contributed by atoms with Gasteiger partial charge in [0.25, 0.3) is 5.91 Å². The lowest BCUT2D eigenvalue weighted by Gasteiger charge is -2.35. The summed E-state index contributed by atoms with van der Waals surface area (Å²) in [5, 5.41) is 9.36. The Hall–Kier alpha value is -2.17. The highest BCUT2D eigenvalue weighted by Crippen LogP contribution is 2.25. The molecule has 2 aromatic carbocycles. The molecule has 0 spiro atoms. The number of aliphatic hydroxyl groups excluding tert-OH is 1. The first-order chi connectivity index (χ1) is 12.6. The van der Waals surface area contributed by atoms with E-state index in [-0.39, 0.29) is 12.0 Å². The Kier molecular flexibility index (Phi) is 4.79. The number of hydrogen-bond donors (Lipinski definition) is 1. The van der Waals surface area contributed by atoms with E-state index >= 15 is 0 Å². The molecule has 0 aromatic heterocycles. The van der Waals surface area contributed by atoms with Crippen LogP contribution >= 0.6 is 0 Å². The maximum absolute atomic E-state index is 12.3. The van der Waals surface area contributed by atoms with Gasteiger partial charge in [-0.25, -0.2) is 0 Å². The van der Waals surface area contributed by atoms with E-state index in [1.165, 1.54) is 42.6 Å². The predicted octanol–water partition coefficient (Wildman–Crippen LogP) is 3.07. The van der Waals surface area contributed by atoms with E-state index in [1.54, 1.807) is 4.90 Å². The molecule has 0 saturated carbocycles. The van der Waals surface area contributed by atoms with E-state index in [4.69, 9.17) is 0 Å². The summed E-state index contributed by atoms with van der Waals surface area (Å²) in [7, 11) is 0. The third-order valence-corrected chi connectivity index (χ3v) is 5.36. The van der Waals surface area contributed by atoms with Crippen molar-refractivity contribution in [1.82, 2.24) is 9.80 Å². The van der Waals surface area contributed by atoms with Crippen LogP contribution < -0.4 is 0 Å². The zero-order valence-corrected chi connectivity index (χ0v) is 15.3. The van der Waals surface area contributed by atoms with Gasteiger partial charge in [0.1, 0.15) is 0 Å². The van der Waals surface area contributed by atoms with Crippen LogP contribution in [0.5, 0.6) is 0 Å². The number of benzene rings is 2. The molecule has 136 valence electrons. The van der Waals surface area contributed by atoms with Crippen LogP contribution in [0.15, 0.2) is 42.5 Å². The summed E-state index contributed by atoms with van der Waals surface area (Å²) in [5.74, 6) is 0.000754. The van der Waals surface area contributed by atoms with Crippen LogP contribution in [0.25, 0.3) is 11.1 Å². The summed E-state index contributed by atoms with van der Waals surface area (Å²) in [5.41, 5.74) is 5.66. The Morgan fingerprint density at radius 1 is 1.04 bits per heavy atom. The fraction of sp³-hybridized carbons (Fsp3) is 0.409. The van der Waals surface area contributed by atoms with Crippen molar-refractivity contribution in [3.8, 4) is 11.1 Å². The lowest BCUT2D eigenvalue weighted by atomic mass is 9.98. The molecule has 0 bridgehead atoms. The lowest BCUT2D eigenvalue weighted by molar-refractivity contribution is 0.00590. The molecule has 2 aliphatic rings. The first kappa shape index (κ1) is 17.3. The second kappa shape index (κ2) is 7.22. The number of aryl methyl sites for hydroxylation is 1. The number of carbonyl (C=O) groups is 1. The Morgan fingerprint density at radius 3 is 2.38 bits per heavy atom. The van der Waals surface area contributed by atoms with Crippen LogP contribution in [0.4, 0.5) is 0 Å². The first-order valence-electron chi connectivity index (χ1n) is 9.49. The van der Waals surface area contributed by atoms with Gasteiger partial charge in [-0.05, 0) is 67.7 Å². The maximum Gasteiger partial charge on any atom is 0.254 e. The second-order valence-electron chi connectivity index (χ2n) is 7.63. The number of nitrogens with zero attached hydrogens (tertiary/aromatic N) is 2. The van der Waals surface area contributed by atoms with Gasteiger partial charge in [-0.2, -0.15) is 0 Å². The third-order valence-electron chi connectivity index (χ3n) is 5.36. The van der Waals surface area contributed by atoms with Gasteiger partial charge < -0.3 is 10.0 Å². The van der Waals surface area contributed by atoms with Gasteiger partial charge in [0.15, 0.2) is 0 Å². The second-order valence-corrected chi connectivity index (χ2v) is 7.63. The van der Waals surface area contributed by atoms with Crippen molar-refractivity contribution >= 4 is 5.91 Å². The molecule has 26 heavy (non-hydrogen) atoms. The van der Waals surface area contributed by atoms with Crippen molar-refractivity contribution in [2.75, 3.05) is 26.2 Å². The number of likely N-dealkylation sites (tertiary alicyclic amines) is 2. The average molecular weight is 350 g/mol. The minimum Gasteiger partial charge on any atom is -0.389 e. The number of carbonyl (C=O) groups excluding carboxylic acids is 1. The van der Waals surface area contributed by atoms with E-state index in [9.17, 15) is 9.90 Å². The molecular formula is C22H26N2O2. The molecule has 4 heteroatoms. The molecule has 2 aliphatic heterocycles. The first-order valence-corrected chi connectivity index (χ1v) is 9.49. The molecule has 2 heterocycles. The summed E-state index contributed by atoms with van der Waals surface area (Å²) in [6, 6.07) is 14.6. The van der Waals surface area contributed by atoms with E-state index in [0.717, 1.165) is 12.1 Å². The largest absolute Gasteiger partial charge is 0.389 e. The molecule has 4 nitrogen and oxygen atoms in total. The smallest absolute Gasteiger partial charge is 0.254 e. The highest BCUT2D eigenvalue weighted by molar-refractivity contribution is 5.95. The lowest BCUT2D eigenvalue weighted by Crippen LogP contribution is -2.53. The topological polar surface area (TPSA) is 43.8 Å². The van der Waals surface area contributed by atoms with Crippen molar-refractivity contribution in [3.05, 3.63) is 59.2 Å². The van der Waals surface area contributed by atoms with Crippen molar-refractivity contribution < 1.29 is 9.90 Å². The zero-order chi connectivity index (χ0) is 18.1. The van der Waals surface area contributed by atoms with Crippen LogP contribution in [0.3, 0.4) is 0 Å². The molecule has 1 N–H and O–H groups in total. The minimum absolute atomic E-state index is 0.000754. The Bertz CT molecular complexity index is 788. The molecule has 2 fully saturated rings. The van der Waals surface area contributed by atoms with Crippen molar-refractivity contribution in [1.29, 1.82) is 0 Å². The van der Waals surface area contributed by atoms with Crippen LogP contribution in [0, 0.1) is 6.92 Å². The van der Waals surface area contributed by atoms with Crippen LogP contribution in [-0.2, 0) is 6.54 Å². The monoisotopic (exact) mass is 350 g/mol. The Labute approximate surface area is 155 Å². The summed E-state index contributed by atoms with van der Waals surface area (Å²) in [6.07, 6.45) is 2.25. The van der Waals surface area contributed by atoms with Gasteiger partial charge >= 0.3 is 0 Å². The number of rotatable bonds is 4. The summed E-state index contributed by atoms with van der Waals surface area (Å²) >= 11 is 0. The van der Waals surface area contributed by atoms with Gasteiger partial charge in [-0.1, -0.05) is 29.8 Å². The minimum atomic E-state index is -0.362. The van der Waals surface area contributed by atoms with Crippen LogP contribution in [-0.4, -0.2) is 53.1 Å². The van der Waals surface area contributed by atoms with Gasteiger partial charge in [-0.3, -0.25) is 9.69 Å². The molecule has 4 rings (SSSR count). The van der Waals surface area contributed by atoms with E-state index in [0.29, 0.717) is 18.7 Å². The van der Waals surface area contributed by atoms with E-state index < -0.39 is 0 Å². The summed E-state index contributed by atoms with van der Waals surface area (Å²) in [4.78, 5) is 16.5. The number of β-amino-alcohol motifs (C(OH)–C–C–N with tert-alkyl or cyclic N) is 1. The number of hydrogen-bond acceptors (Lipinski definition) is 3. The highest BCUT2D eigenvalue weighted by Gasteiger charge is 2.29. The maximum atomic E-state index is 12.3. The van der Waals surface area contributed by atoms with Gasteiger partial charge in [0.05, 0.1) is 6.10 Å². The summed E-state index contributed by atoms with van der Waals surface area (Å²) in [6.45, 7) is 6.44. The number of amides is 1. The molecule has 0 aliphatic carbocycles. The third kappa shape index (κ3) is 3.67. The fourth-order valence-electron chi connectivity index (χ4n) is 3.93. The van der Waals surface area contributed by atoms with Gasteiger partial charge in [0.2, 0.25) is 0 Å². The summed E-state index contributed by atoms with van der Waals surface area (Å²) < 4.78 is 0. The number of aliphatic hydroxyl groups is 1. The predicted molar refractivity (Wildman–Crippen MR) is 103 cm³/mol. The van der Waals surface area contributed by atoms with Gasteiger partial charge in [0, 0.05) is 25.2 Å².